The van der Waals surface area contributed by atoms with Crippen LogP contribution in [0.1, 0.15) is 51.0 Å². The number of guanidine groups is 1. The maximum atomic E-state index is 11.0. The van der Waals surface area contributed by atoms with Crippen LogP contribution in [0.15, 0.2) is 21.8 Å². The lowest BCUT2D eigenvalue weighted by molar-refractivity contribution is -0.140. The van der Waals surface area contributed by atoms with Crippen molar-refractivity contribution < 1.29 is 9.53 Å². The standard InChI is InChI=1S/C17H29N3O2S.HI/c1-4-18-17(19-10-7-5-6-8-16(21)22-3)20-12-14(2)15-9-11-23-13-15;/h9,11,13-14H,4-8,10,12H2,1-3H3,(H2,18,19,20);1H. The summed E-state index contributed by atoms with van der Waals surface area (Å²) in [6.07, 6.45) is 3.40. The number of methoxy groups -OCH3 is 1. The van der Waals surface area contributed by atoms with Crippen molar-refractivity contribution >= 4 is 47.2 Å². The molecule has 24 heavy (non-hydrogen) atoms. The number of aliphatic imine (C=N–C) groups is 1. The van der Waals surface area contributed by atoms with Gasteiger partial charge in [0.15, 0.2) is 5.96 Å². The first-order valence-electron chi connectivity index (χ1n) is 8.28. The number of carbonyl (C=O) groups excluding carboxylic acids is 1. The van der Waals surface area contributed by atoms with Gasteiger partial charge in [0.2, 0.25) is 0 Å². The van der Waals surface area contributed by atoms with Gasteiger partial charge in [0.05, 0.1) is 7.11 Å². The first-order chi connectivity index (χ1) is 11.2. The Labute approximate surface area is 166 Å². The maximum Gasteiger partial charge on any atom is 0.305 e. The van der Waals surface area contributed by atoms with E-state index in [1.165, 1.54) is 12.7 Å². The summed E-state index contributed by atoms with van der Waals surface area (Å²) < 4.78 is 4.63. The number of unbranched alkanes of at least 4 members (excludes halogenated alkanes) is 2. The third kappa shape index (κ3) is 10.1. The molecule has 0 aliphatic carbocycles. The quantitative estimate of drug-likeness (QED) is 0.181. The number of halogens is 1. The zero-order valence-corrected chi connectivity index (χ0v) is 18.0. The monoisotopic (exact) mass is 467 g/mol. The molecule has 1 aromatic heterocycles. The molecule has 0 spiro atoms. The van der Waals surface area contributed by atoms with Gasteiger partial charge in [-0.1, -0.05) is 13.3 Å². The molecular formula is C17H30IN3O2S. The van der Waals surface area contributed by atoms with Crippen LogP contribution < -0.4 is 10.6 Å². The Morgan fingerprint density at radius 1 is 1.33 bits per heavy atom. The van der Waals surface area contributed by atoms with Gasteiger partial charge in [-0.25, -0.2) is 0 Å². The van der Waals surface area contributed by atoms with Crippen molar-refractivity contribution in [3.8, 4) is 0 Å². The van der Waals surface area contributed by atoms with Crippen LogP contribution in [0.4, 0.5) is 0 Å². The molecule has 0 amide bonds. The Morgan fingerprint density at radius 2 is 2.12 bits per heavy atom. The zero-order valence-electron chi connectivity index (χ0n) is 14.8. The topological polar surface area (TPSA) is 62.7 Å². The number of rotatable bonds is 10. The first-order valence-corrected chi connectivity index (χ1v) is 9.22. The van der Waals surface area contributed by atoms with Gasteiger partial charge in [0.1, 0.15) is 0 Å². The molecule has 7 heteroatoms. The average molecular weight is 467 g/mol. The van der Waals surface area contributed by atoms with Crippen molar-refractivity contribution in [2.75, 3.05) is 26.7 Å². The summed E-state index contributed by atoms with van der Waals surface area (Å²) >= 11 is 1.72. The number of nitrogens with one attached hydrogen (secondary N) is 2. The van der Waals surface area contributed by atoms with Crippen LogP contribution in [-0.2, 0) is 9.53 Å². The predicted octanol–water partition coefficient (Wildman–Crippen LogP) is 3.76. The van der Waals surface area contributed by atoms with E-state index in [-0.39, 0.29) is 29.9 Å². The van der Waals surface area contributed by atoms with E-state index in [1.54, 1.807) is 11.3 Å². The second-order valence-electron chi connectivity index (χ2n) is 5.49. The highest BCUT2D eigenvalue weighted by atomic mass is 127. The smallest absolute Gasteiger partial charge is 0.305 e. The molecule has 0 aromatic carbocycles. The predicted molar refractivity (Wildman–Crippen MR) is 113 cm³/mol. The normalized spacial score (nSPS) is 12.2. The van der Waals surface area contributed by atoms with E-state index < -0.39 is 0 Å². The van der Waals surface area contributed by atoms with Crippen LogP contribution >= 0.6 is 35.3 Å². The highest BCUT2D eigenvalue weighted by Crippen LogP contribution is 2.18. The molecule has 138 valence electrons. The molecule has 0 radical (unpaired) electrons. The molecular weight excluding hydrogens is 437 g/mol. The van der Waals surface area contributed by atoms with Crippen molar-refractivity contribution in [3.63, 3.8) is 0 Å². The molecule has 1 atom stereocenters. The Morgan fingerprint density at radius 3 is 2.75 bits per heavy atom. The fourth-order valence-electron chi connectivity index (χ4n) is 2.11. The van der Waals surface area contributed by atoms with Crippen molar-refractivity contribution in [2.45, 2.75) is 45.4 Å². The zero-order chi connectivity index (χ0) is 16.9. The van der Waals surface area contributed by atoms with Gasteiger partial charge in [-0.15, -0.1) is 24.0 Å². The Bertz CT molecular complexity index is 466. The highest BCUT2D eigenvalue weighted by Gasteiger charge is 2.06. The van der Waals surface area contributed by atoms with E-state index in [2.05, 4.69) is 51.0 Å². The van der Waals surface area contributed by atoms with Gasteiger partial charge >= 0.3 is 5.97 Å². The van der Waals surface area contributed by atoms with Crippen molar-refractivity contribution in [1.82, 2.24) is 10.6 Å². The summed E-state index contributed by atoms with van der Waals surface area (Å²) in [5.41, 5.74) is 1.34. The minimum Gasteiger partial charge on any atom is -0.469 e. The van der Waals surface area contributed by atoms with Gasteiger partial charge < -0.3 is 15.4 Å². The lowest BCUT2D eigenvalue weighted by Crippen LogP contribution is -2.38. The summed E-state index contributed by atoms with van der Waals surface area (Å²) in [6, 6.07) is 2.16. The summed E-state index contributed by atoms with van der Waals surface area (Å²) in [5, 5.41) is 10.9. The molecule has 2 N–H and O–H groups in total. The van der Waals surface area contributed by atoms with Crippen LogP contribution in [0.2, 0.25) is 0 Å². The number of hydrogen-bond donors (Lipinski definition) is 2. The summed E-state index contributed by atoms with van der Waals surface area (Å²) in [4.78, 5) is 15.7. The van der Waals surface area contributed by atoms with Crippen LogP contribution in [0.5, 0.6) is 0 Å². The fraction of sp³-hybridized carbons (Fsp3) is 0.647. The fourth-order valence-corrected chi connectivity index (χ4v) is 2.89. The second-order valence-corrected chi connectivity index (χ2v) is 6.27. The molecule has 0 saturated carbocycles. The molecule has 0 saturated heterocycles. The third-order valence-corrected chi connectivity index (χ3v) is 4.26. The molecule has 1 heterocycles. The number of carbonyl (C=O) groups is 1. The van der Waals surface area contributed by atoms with Crippen LogP contribution in [-0.4, -0.2) is 38.7 Å². The summed E-state index contributed by atoms with van der Waals surface area (Å²) in [7, 11) is 1.43. The average Bonchev–Trinajstić information content (AvgIpc) is 3.09. The lowest BCUT2D eigenvalue weighted by Gasteiger charge is -2.13. The molecule has 1 rings (SSSR count). The third-order valence-electron chi connectivity index (χ3n) is 3.56. The summed E-state index contributed by atoms with van der Waals surface area (Å²) in [5.74, 6) is 1.16. The van der Waals surface area contributed by atoms with Gasteiger partial charge in [0, 0.05) is 32.0 Å². The van der Waals surface area contributed by atoms with E-state index in [0.29, 0.717) is 12.3 Å². The number of thiophene rings is 1. The van der Waals surface area contributed by atoms with Crippen LogP contribution in [0.3, 0.4) is 0 Å². The van der Waals surface area contributed by atoms with E-state index >= 15 is 0 Å². The van der Waals surface area contributed by atoms with Crippen LogP contribution in [0.25, 0.3) is 0 Å². The van der Waals surface area contributed by atoms with E-state index in [1.807, 2.05) is 0 Å². The molecule has 0 bridgehead atoms. The van der Waals surface area contributed by atoms with E-state index in [0.717, 1.165) is 44.9 Å². The Balaban J connectivity index is 0.00000529. The number of ether oxygens (including phenoxy) is 1. The summed E-state index contributed by atoms with van der Waals surface area (Å²) in [6.45, 7) is 6.74. The maximum absolute atomic E-state index is 11.0. The minimum atomic E-state index is -0.129. The van der Waals surface area contributed by atoms with E-state index in [9.17, 15) is 4.79 Å². The van der Waals surface area contributed by atoms with Gasteiger partial charge in [-0.05, 0) is 42.2 Å². The Kier molecular flexibility index (Phi) is 14.0. The van der Waals surface area contributed by atoms with Crippen molar-refractivity contribution in [1.29, 1.82) is 0 Å². The molecule has 1 unspecified atom stereocenters. The van der Waals surface area contributed by atoms with E-state index in [4.69, 9.17) is 0 Å². The number of nitrogens with zero attached hydrogens (tertiary/aromatic N) is 1. The van der Waals surface area contributed by atoms with Crippen molar-refractivity contribution in [2.24, 2.45) is 4.99 Å². The molecule has 0 fully saturated rings. The van der Waals surface area contributed by atoms with Gasteiger partial charge in [-0.3, -0.25) is 9.79 Å². The largest absolute Gasteiger partial charge is 0.469 e. The highest BCUT2D eigenvalue weighted by molar-refractivity contribution is 14.0. The van der Waals surface area contributed by atoms with Crippen molar-refractivity contribution in [3.05, 3.63) is 22.4 Å². The minimum absolute atomic E-state index is 0. The molecule has 0 aliphatic heterocycles. The number of esters is 1. The molecule has 1 aromatic rings. The first kappa shape index (κ1) is 23.2. The molecule has 5 nitrogen and oxygen atoms in total. The number of hydrogen-bond acceptors (Lipinski definition) is 4. The second kappa shape index (κ2) is 14.5. The van der Waals surface area contributed by atoms with Gasteiger partial charge in [-0.2, -0.15) is 11.3 Å². The van der Waals surface area contributed by atoms with Crippen LogP contribution in [0, 0.1) is 0 Å². The SMILES string of the molecule is CCNC(=NCC(C)c1ccsc1)NCCCCCC(=O)OC.I. The Hall–Kier alpha value is -0.830. The lowest BCUT2D eigenvalue weighted by atomic mass is 10.1. The molecule has 0 aliphatic rings. The van der Waals surface area contributed by atoms with Gasteiger partial charge in [0.25, 0.3) is 0 Å².